The Kier molecular flexibility index (Phi) is 18.2. The van der Waals surface area contributed by atoms with Gasteiger partial charge in [0.05, 0.1) is 0 Å². The summed E-state index contributed by atoms with van der Waals surface area (Å²) in [6, 6.07) is 0. The third-order valence-corrected chi connectivity index (χ3v) is 5.06. The molecule has 0 aliphatic carbocycles. The van der Waals surface area contributed by atoms with Crippen molar-refractivity contribution in [2.45, 2.75) is 118 Å². The fourth-order valence-electron chi connectivity index (χ4n) is 3.92. The van der Waals surface area contributed by atoms with E-state index in [4.69, 9.17) is 28.4 Å². The van der Waals surface area contributed by atoms with Gasteiger partial charge in [0.15, 0.2) is 0 Å². The van der Waals surface area contributed by atoms with Crippen molar-refractivity contribution in [3.05, 3.63) is 0 Å². The summed E-state index contributed by atoms with van der Waals surface area (Å²) >= 11 is 0. The lowest BCUT2D eigenvalue weighted by Gasteiger charge is -2.50. The fourth-order valence-corrected chi connectivity index (χ4v) is 3.92. The molecule has 0 heterocycles. The van der Waals surface area contributed by atoms with Crippen LogP contribution in [0.4, 0.5) is 0 Å². The van der Waals surface area contributed by atoms with Crippen molar-refractivity contribution in [3.63, 3.8) is 0 Å². The smallest absolute Gasteiger partial charge is 0.276 e. The van der Waals surface area contributed by atoms with Crippen LogP contribution in [-0.4, -0.2) is 57.5 Å². The average Bonchev–Trinajstić information content (AvgIpc) is 2.73. The Labute approximate surface area is 186 Å². The maximum atomic E-state index is 6.33. The van der Waals surface area contributed by atoms with E-state index >= 15 is 0 Å². The van der Waals surface area contributed by atoms with Gasteiger partial charge >= 0.3 is 0 Å². The van der Waals surface area contributed by atoms with Crippen LogP contribution in [0.1, 0.15) is 99.8 Å². The molecule has 0 saturated carbocycles. The Morgan fingerprint density at radius 2 is 0.933 bits per heavy atom. The van der Waals surface area contributed by atoms with Crippen LogP contribution in [0.5, 0.6) is 0 Å². The second-order valence-corrected chi connectivity index (χ2v) is 7.27. The Morgan fingerprint density at radius 1 is 0.500 bits per heavy atom. The van der Waals surface area contributed by atoms with E-state index in [1.54, 1.807) is 0 Å². The normalized spacial score (nSPS) is 12.8. The van der Waals surface area contributed by atoms with Crippen LogP contribution in [-0.2, 0) is 28.4 Å². The van der Waals surface area contributed by atoms with Crippen LogP contribution in [0.25, 0.3) is 0 Å². The predicted molar refractivity (Wildman–Crippen MR) is 122 cm³/mol. The molecule has 0 aromatic rings. The largest absolute Gasteiger partial charge is 0.348 e. The second kappa shape index (κ2) is 18.3. The van der Waals surface area contributed by atoms with E-state index in [0.717, 1.165) is 12.8 Å². The van der Waals surface area contributed by atoms with Crippen LogP contribution >= 0.6 is 0 Å². The molecule has 0 aliphatic rings. The monoisotopic (exact) mass is 434 g/mol. The maximum absolute atomic E-state index is 6.33. The van der Waals surface area contributed by atoms with Gasteiger partial charge in [0.2, 0.25) is 12.1 Å². The summed E-state index contributed by atoms with van der Waals surface area (Å²) in [6.07, 6.45) is 8.33. The molecule has 0 atom stereocenters. The van der Waals surface area contributed by atoms with Gasteiger partial charge in [-0.3, -0.25) is 0 Å². The number of hydrogen-bond acceptors (Lipinski definition) is 6. The number of hydrogen-bond donors (Lipinski definition) is 0. The first-order valence-corrected chi connectivity index (χ1v) is 12.4. The van der Waals surface area contributed by atoms with Crippen molar-refractivity contribution in [2.24, 2.45) is 0 Å². The quantitative estimate of drug-likeness (QED) is 0.152. The van der Waals surface area contributed by atoms with E-state index in [1.807, 2.05) is 41.5 Å². The highest BCUT2D eigenvalue weighted by Gasteiger charge is 2.62. The lowest BCUT2D eigenvalue weighted by atomic mass is 9.95. The summed E-state index contributed by atoms with van der Waals surface area (Å²) in [7, 11) is 0. The first kappa shape index (κ1) is 29.8. The van der Waals surface area contributed by atoms with Gasteiger partial charge in [0.25, 0.3) is 5.79 Å². The summed E-state index contributed by atoms with van der Waals surface area (Å²) in [6.45, 7) is 16.7. The minimum absolute atomic E-state index is 0.426. The third kappa shape index (κ3) is 9.09. The van der Waals surface area contributed by atoms with E-state index in [2.05, 4.69) is 6.92 Å². The summed E-state index contributed by atoms with van der Waals surface area (Å²) in [5.41, 5.74) is 0. The molecular formula is C24H50O6. The van der Waals surface area contributed by atoms with Gasteiger partial charge in [0.1, 0.15) is 0 Å². The van der Waals surface area contributed by atoms with Crippen LogP contribution in [0, 0.1) is 0 Å². The highest BCUT2D eigenvalue weighted by molar-refractivity contribution is 4.93. The van der Waals surface area contributed by atoms with Crippen molar-refractivity contribution in [3.8, 4) is 0 Å². The van der Waals surface area contributed by atoms with Gasteiger partial charge in [0, 0.05) is 46.1 Å². The van der Waals surface area contributed by atoms with Crippen molar-refractivity contribution >= 4 is 0 Å². The van der Waals surface area contributed by atoms with Crippen molar-refractivity contribution < 1.29 is 28.4 Å². The summed E-state index contributed by atoms with van der Waals surface area (Å²) in [5.74, 6) is -2.42. The molecule has 0 radical (unpaired) electrons. The zero-order valence-corrected chi connectivity index (χ0v) is 20.9. The maximum Gasteiger partial charge on any atom is 0.276 e. The van der Waals surface area contributed by atoms with Crippen molar-refractivity contribution in [1.82, 2.24) is 0 Å². The minimum Gasteiger partial charge on any atom is -0.348 e. The standard InChI is InChI=1S/C24H50O6/c1-8-15-16-17-18-19-20-21-23(27-11-4,28-12-5)24(29-13-6,30-14-7)22(25-9-2)26-10-3/h22H,8-21H2,1-7H3. The molecule has 0 bridgehead atoms. The summed E-state index contributed by atoms with van der Waals surface area (Å²) in [5, 5.41) is 0. The molecule has 0 aromatic heterocycles. The van der Waals surface area contributed by atoms with Crippen LogP contribution in [0.2, 0.25) is 0 Å². The van der Waals surface area contributed by atoms with Gasteiger partial charge in [-0.25, -0.2) is 0 Å². The van der Waals surface area contributed by atoms with Crippen LogP contribution in [0.3, 0.4) is 0 Å². The number of ether oxygens (including phenoxy) is 6. The van der Waals surface area contributed by atoms with Gasteiger partial charge in [-0.05, 0) is 48.0 Å². The van der Waals surface area contributed by atoms with Gasteiger partial charge < -0.3 is 28.4 Å². The molecule has 0 saturated heterocycles. The molecular weight excluding hydrogens is 384 g/mol. The molecule has 0 amide bonds. The second-order valence-electron chi connectivity index (χ2n) is 7.27. The number of rotatable bonds is 22. The SMILES string of the molecule is CCCCCCCCCC(OCC)(OCC)C(OCC)(OCC)C(OCC)OCC. The Balaban J connectivity index is 5.81. The molecule has 6 nitrogen and oxygen atoms in total. The molecule has 0 aliphatic heterocycles. The molecule has 0 spiro atoms. The zero-order valence-electron chi connectivity index (χ0n) is 20.9. The molecule has 0 rings (SSSR count). The van der Waals surface area contributed by atoms with E-state index in [1.165, 1.54) is 32.1 Å². The Bertz CT molecular complexity index is 359. The van der Waals surface area contributed by atoms with E-state index in [9.17, 15) is 0 Å². The molecule has 6 heteroatoms. The summed E-state index contributed by atoms with van der Waals surface area (Å²) < 4.78 is 37.2. The average molecular weight is 435 g/mol. The number of unbranched alkanes of at least 4 members (excludes halogenated alkanes) is 6. The fraction of sp³-hybridized carbons (Fsp3) is 1.00. The Morgan fingerprint density at radius 3 is 1.33 bits per heavy atom. The van der Waals surface area contributed by atoms with E-state index < -0.39 is 17.9 Å². The molecule has 182 valence electrons. The van der Waals surface area contributed by atoms with Gasteiger partial charge in [-0.15, -0.1) is 0 Å². The van der Waals surface area contributed by atoms with Crippen LogP contribution < -0.4 is 0 Å². The lowest BCUT2D eigenvalue weighted by molar-refractivity contribution is -0.462. The van der Waals surface area contributed by atoms with E-state index in [-0.39, 0.29) is 0 Å². The molecule has 30 heavy (non-hydrogen) atoms. The summed E-state index contributed by atoms with van der Waals surface area (Å²) in [4.78, 5) is 0. The third-order valence-electron chi connectivity index (χ3n) is 5.06. The molecule has 0 unspecified atom stereocenters. The van der Waals surface area contributed by atoms with E-state index in [0.29, 0.717) is 46.1 Å². The van der Waals surface area contributed by atoms with Gasteiger partial charge in [-0.1, -0.05) is 45.4 Å². The van der Waals surface area contributed by atoms with Crippen LogP contribution in [0.15, 0.2) is 0 Å². The van der Waals surface area contributed by atoms with Crippen molar-refractivity contribution in [2.75, 3.05) is 39.6 Å². The Hall–Kier alpha value is -0.240. The zero-order chi connectivity index (χ0) is 22.7. The predicted octanol–water partition coefficient (Wildman–Crippen LogP) is 6.06. The minimum atomic E-state index is -1.31. The highest BCUT2D eigenvalue weighted by Crippen LogP contribution is 2.42. The first-order valence-electron chi connectivity index (χ1n) is 12.4. The van der Waals surface area contributed by atoms with Gasteiger partial charge in [-0.2, -0.15) is 0 Å². The molecule has 0 fully saturated rings. The molecule has 0 N–H and O–H groups in total. The topological polar surface area (TPSA) is 55.4 Å². The highest BCUT2D eigenvalue weighted by atomic mass is 16.8. The lowest BCUT2D eigenvalue weighted by Crippen LogP contribution is -2.68. The first-order chi connectivity index (χ1) is 14.6. The van der Waals surface area contributed by atoms with Crippen molar-refractivity contribution in [1.29, 1.82) is 0 Å². The molecule has 0 aromatic carbocycles.